The molecule has 0 aliphatic carbocycles. The smallest absolute Gasteiger partial charge is 0.307 e. The van der Waals surface area contributed by atoms with Gasteiger partial charge in [-0.1, -0.05) is 15.9 Å². The Morgan fingerprint density at radius 1 is 1.24 bits per heavy atom. The Hall–Kier alpha value is -1.27. The molecule has 1 aliphatic rings. The first-order chi connectivity index (χ1) is 9.92. The second-order valence-corrected chi connectivity index (χ2v) is 6.07. The SMILES string of the molecule is COc1c(C)c(Br)c(C)c(C2CC(C(=O)O)CN2)c1OC. The first-order valence-corrected chi connectivity index (χ1v) is 7.58. The van der Waals surface area contributed by atoms with Crippen molar-refractivity contribution < 1.29 is 19.4 Å². The highest BCUT2D eigenvalue weighted by Crippen LogP contribution is 2.46. The summed E-state index contributed by atoms with van der Waals surface area (Å²) in [4.78, 5) is 11.2. The van der Waals surface area contributed by atoms with E-state index in [9.17, 15) is 4.79 Å². The molecule has 1 heterocycles. The zero-order valence-electron chi connectivity index (χ0n) is 12.6. The summed E-state index contributed by atoms with van der Waals surface area (Å²) in [5.41, 5.74) is 2.99. The van der Waals surface area contributed by atoms with Crippen molar-refractivity contribution in [2.45, 2.75) is 26.3 Å². The Morgan fingerprint density at radius 2 is 1.86 bits per heavy atom. The summed E-state index contributed by atoms with van der Waals surface area (Å²) in [6, 6.07) is -0.0492. The van der Waals surface area contributed by atoms with Crippen LogP contribution in [-0.2, 0) is 4.79 Å². The molecule has 0 bridgehead atoms. The number of hydrogen-bond acceptors (Lipinski definition) is 4. The largest absolute Gasteiger partial charge is 0.493 e. The molecule has 2 unspecified atom stereocenters. The molecule has 0 saturated carbocycles. The normalized spacial score (nSPS) is 21.4. The second-order valence-electron chi connectivity index (χ2n) is 5.28. The fraction of sp³-hybridized carbons (Fsp3) is 0.533. The van der Waals surface area contributed by atoms with Crippen LogP contribution in [0.5, 0.6) is 11.5 Å². The van der Waals surface area contributed by atoms with Crippen LogP contribution < -0.4 is 14.8 Å². The third-order valence-corrected chi connectivity index (χ3v) is 5.28. The zero-order valence-corrected chi connectivity index (χ0v) is 14.2. The summed E-state index contributed by atoms with van der Waals surface area (Å²) in [6.07, 6.45) is 0.547. The number of carboxylic acids is 1. The standard InChI is InChI=1S/C15H20BrNO4/c1-7-11(10-5-9(6-17-10)15(18)19)14(21-4)13(20-3)8(2)12(7)16/h9-10,17H,5-6H2,1-4H3,(H,18,19). The van der Waals surface area contributed by atoms with Crippen LogP contribution in [0.15, 0.2) is 4.47 Å². The minimum Gasteiger partial charge on any atom is -0.493 e. The van der Waals surface area contributed by atoms with Gasteiger partial charge in [0.05, 0.1) is 20.1 Å². The van der Waals surface area contributed by atoms with Crippen LogP contribution in [0.2, 0.25) is 0 Å². The topological polar surface area (TPSA) is 67.8 Å². The van der Waals surface area contributed by atoms with Crippen molar-refractivity contribution in [3.63, 3.8) is 0 Å². The van der Waals surface area contributed by atoms with Crippen LogP contribution >= 0.6 is 15.9 Å². The number of carboxylic acid groups (broad SMARTS) is 1. The van der Waals surface area contributed by atoms with E-state index in [1.54, 1.807) is 14.2 Å². The maximum Gasteiger partial charge on any atom is 0.307 e. The van der Waals surface area contributed by atoms with Crippen LogP contribution in [0.3, 0.4) is 0 Å². The average molecular weight is 358 g/mol. The van der Waals surface area contributed by atoms with Gasteiger partial charge in [0.1, 0.15) is 0 Å². The fourth-order valence-corrected chi connectivity index (χ4v) is 3.37. The molecule has 2 rings (SSSR count). The highest BCUT2D eigenvalue weighted by molar-refractivity contribution is 9.10. The van der Waals surface area contributed by atoms with Crippen molar-refractivity contribution in [1.29, 1.82) is 0 Å². The number of rotatable bonds is 4. The Bertz CT molecular complexity index is 574. The van der Waals surface area contributed by atoms with Gasteiger partial charge in [0.25, 0.3) is 0 Å². The maximum absolute atomic E-state index is 11.2. The molecule has 0 amide bonds. The Kier molecular flexibility index (Phi) is 4.78. The van der Waals surface area contributed by atoms with E-state index >= 15 is 0 Å². The molecule has 2 atom stereocenters. The van der Waals surface area contributed by atoms with Crippen molar-refractivity contribution in [3.05, 3.63) is 21.2 Å². The monoisotopic (exact) mass is 357 g/mol. The molecule has 21 heavy (non-hydrogen) atoms. The Balaban J connectivity index is 2.53. The molecule has 116 valence electrons. The number of nitrogens with one attached hydrogen (secondary N) is 1. The first kappa shape index (κ1) is 16.1. The molecule has 0 spiro atoms. The number of carbonyl (C=O) groups is 1. The van der Waals surface area contributed by atoms with E-state index in [4.69, 9.17) is 14.6 Å². The number of benzene rings is 1. The van der Waals surface area contributed by atoms with Crippen molar-refractivity contribution in [2.24, 2.45) is 5.92 Å². The van der Waals surface area contributed by atoms with Gasteiger partial charge in [0.15, 0.2) is 11.5 Å². The van der Waals surface area contributed by atoms with E-state index in [0.29, 0.717) is 24.5 Å². The molecular formula is C15H20BrNO4. The molecule has 1 aromatic carbocycles. The van der Waals surface area contributed by atoms with Crippen molar-refractivity contribution >= 4 is 21.9 Å². The van der Waals surface area contributed by atoms with Gasteiger partial charge in [-0.3, -0.25) is 4.79 Å². The number of halogens is 1. The molecule has 6 heteroatoms. The van der Waals surface area contributed by atoms with E-state index in [0.717, 1.165) is 21.2 Å². The maximum atomic E-state index is 11.2. The fourth-order valence-electron chi connectivity index (χ4n) is 2.97. The van der Waals surface area contributed by atoms with Crippen molar-refractivity contribution in [1.82, 2.24) is 5.32 Å². The van der Waals surface area contributed by atoms with Gasteiger partial charge in [-0.25, -0.2) is 0 Å². The summed E-state index contributed by atoms with van der Waals surface area (Å²) in [5, 5.41) is 12.4. The van der Waals surface area contributed by atoms with E-state index < -0.39 is 5.97 Å². The van der Waals surface area contributed by atoms with Gasteiger partial charge < -0.3 is 19.9 Å². The lowest BCUT2D eigenvalue weighted by molar-refractivity contribution is -0.141. The lowest BCUT2D eigenvalue weighted by atomic mass is 9.93. The molecule has 5 nitrogen and oxygen atoms in total. The highest BCUT2D eigenvalue weighted by Gasteiger charge is 2.34. The van der Waals surface area contributed by atoms with Crippen molar-refractivity contribution in [2.75, 3.05) is 20.8 Å². The summed E-state index contributed by atoms with van der Waals surface area (Å²) >= 11 is 3.60. The summed E-state index contributed by atoms with van der Waals surface area (Å²) in [5.74, 6) is 0.231. The molecule has 1 saturated heterocycles. The zero-order chi connectivity index (χ0) is 15.7. The van der Waals surface area contributed by atoms with E-state index in [1.807, 2.05) is 13.8 Å². The summed E-state index contributed by atoms with van der Waals surface area (Å²) < 4.78 is 12.0. The Morgan fingerprint density at radius 3 is 2.33 bits per heavy atom. The highest BCUT2D eigenvalue weighted by atomic mass is 79.9. The molecule has 1 aromatic rings. The Labute approximate surface area is 132 Å². The van der Waals surface area contributed by atoms with Gasteiger partial charge in [-0.2, -0.15) is 0 Å². The third kappa shape index (κ3) is 2.74. The van der Waals surface area contributed by atoms with E-state index in [1.165, 1.54) is 0 Å². The van der Waals surface area contributed by atoms with Crippen LogP contribution in [-0.4, -0.2) is 31.8 Å². The van der Waals surface area contributed by atoms with Gasteiger partial charge in [0.2, 0.25) is 0 Å². The minimum absolute atomic E-state index is 0.0492. The van der Waals surface area contributed by atoms with E-state index in [-0.39, 0.29) is 12.0 Å². The number of methoxy groups -OCH3 is 2. The molecular weight excluding hydrogens is 338 g/mol. The van der Waals surface area contributed by atoms with Gasteiger partial charge in [-0.15, -0.1) is 0 Å². The lowest BCUT2D eigenvalue weighted by Crippen LogP contribution is -2.18. The molecule has 1 aliphatic heterocycles. The third-order valence-electron chi connectivity index (χ3n) is 4.09. The van der Waals surface area contributed by atoms with Crippen molar-refractivity contribution in [3.8, 4) is 11.5 Å². The predicted octanol–water partition coefficient (Wildman–Crippen LogP) is 2.82. The van der Waals surface area contributed by atoms with Crippen LogP contribution in [0.25, 0.3) is 0 Å². The van der Waals surface area contributed by atoms with Crippen LogP contribution in [0.1, 0.15) is 29.2 Å². The molecule has 2 N–H and O–H groups in total. The van der Waals surface area contributed by atoms with Gasteiger partial charge in [0, 0.05) is 28.2 Å². The summed E-state index contributed by atoms with van der Waals surface area (Å²) in [6.45, 7) is 4.44. The van der Waals surface area contributed by atoms with Gasteiger partial charge in [-0.05, 0) is 25.8 Å². The summed E-state index contributed by atoms with van der Waals surface area (Å²) in [7, 11) is 3.22. The minimum atomic E-state index is -0.764. The number of aliphatic carboxylic acids is 1. The van der Waals surface area contributed by atoms with Crippen LogP contribution in [0, 0.1) is 19.8 Å². The van der Waals surface area contributed by atoms with Crippen LogP contribution in [0.4, 0.5) is 0 Å². The number of ether oxygens (including phenoxy) is 2. The van der Waals surface area contributed by atoms with Gasteiger partial charge >= 0.3 is 5.97 Å². The molecule has 0 aromatic heterocycles. The molecule has 0 radical (unpaired) electrons. The van der Waals surface area contributed by atoms with E-state index in [2.05, 4.69) is 21.2 Å². The quantitative estimate of drug-likeness (QED) is 0.866. The number of hydrogen-bond donors (Lipinski definition) is 2. The lowest BCUT2D eigenvalue weighted by Gasteiger charge is -2.23. The predicted molar refractivity (Wildman–Crippen MR) is 83.2 cm³/mol. The first-order valence-electron chi connectivity index (χ1n) is 6.79. The average Bonchev–Trinajstić information content (AvgIpc) is 2.94. The second kappa shape index (κ2) is 6.23. The molecule has 1 fully saturated rings.